The molecule has 0 aliphatic rings. The number of nitrogens with zero attached hydrogens (tertiary/aromatic N) is 3. The molecule has 1 heterocycles. The van der Waals surface area contributed by atoms with Crippen LogP contribution >= 0.6 is 11.6 Å². The topological polar surface area (TPSA) is 99.1 Å². The number of hydrogen-bond donors (Lipinski definition) is 3. The van der Waals surface area contributed by atoms with Crippen LogP contribution in [0, 0.1) is 0 Å². The number of rotatable bonds is 6. The summed E-state index contributed by atoms with van der Waals surface area (Å²) in [7, 11) is 1.35. The molecule has 12 heteroatoms. The summed E-state index contributed by atoms with van der Waals surface area (Å²) >= 11 is 5.81. The van der Waals surface area contributed by atoms with Crippen LogP contribution in [0.1, 0.15) is 18.1 Å². The van der Waals surface area contributed by atoms with Crippen molar-refractivity contribution in [3.8, 4) is 11.5 Å². The van der Waals surface area contributed by atoms with Gasteiger partial charge in [0.15, 0.2) is 17.3 Å². The molecule has 0 bridgehead atoms. The molecule has 0 atom stereocenters. The molecule has 0 radical (unpaired) electrons. The second kappa shape index (κ2) is 9.32. The zero-order valence-electron chi connectivity index (χ0n) is 15.3. The first-order valence-corrected chi connectivity index (χ1v) is 8.51. The van der Waals surface area contributed by atoms with E-state index in [2.05, 4.69) is 20.9 Å². The summed E-state index contributed by atoms with van der Waals surface area (Å²) in [5, 5.41) is 14.1. The van der Waals surface area contributed by atoms with Gasteiger partial charge in [-0.25, -0.2) is 20.6 Å². The van der Waals surface area contributed by atoms with Crippen LogP contribution < -0.4 is 20.6 Å². The average Bonchev–Trinajstić information content (AvgIpc) is 2.63. The Morgan fingerprint density at radius 2 is 2.14 bits per heavy atom. The van der Waals surface area contributed by atoms with Gasteiger partial charge in [-0.2, -0.15) is 18.3 Å². The van der Waals surface area contributed by atoms with E-state index in [1.54, 1.807) is 13.0 Å². The van der Waals surface area contributed by atoms with Crippen LogP contribution in [0.25, 0.3) is 0 Å². The zero-order valence-corrected chi connectivity index (χ0v) is 16.0. The van der Waals surface area contributed by atoms with Gasteiger partial charge >= 0.3 is 12.2 Å². The quantitative estimate of drug-likeness (QED) is 0.480. The van der Waals surface area contributed by atoms with Crippen molar-refractivity contribution < 1.29 is 27.8 Å². The third-order valence-electron chi connectivity index (χ3n) is 3.40. The Hall–Kier alpha value is -3.21. The Morgan fingerprint density at radius 3 is 2.76 bits per heavy atom. The molecule has 0 aliphatic carbocycles. The van der Waals surface area contributed by atoms with Crippen LogP contribution in [0.5, 0.6) is 11.5 Å². The lowest BCUT2D eigenvalue weighted by molar-refractivity contribution is -0.137. The van der Waals surface area contributed by atoms with E-state index in [0.29, 0.717) is 24.4 Å². The molecule has 1 aromatic heterocycles. The number of hydrazine groups is 1. The van der Waals surface area contributed by atoms with E-state index in [-0.39, 0.29) is 22.3 Å². The minimum Gasteiger partial charge on any atom is -0.504 e. The molecule has 2 aromatic rings. The monoisotopic (exact) mass is 431 g/mol. The molecule has 8 nitrogen and oxygen atoms in total. The van der Waals surface area contributed by atoms with E-state index in [1.165, 1.54) is 25.4 Å². The van der Waals surface area contributed by atoms with Crippen molar-refractivity contribution in [2.75, 3.05) is 18.7 Å². The third kappa shape index (κ3) is 6.14. The Bertz CT molecular complexity index is 908. The summed E-state index contributed by atoms with van der Waals surface area (Å²) in [5.41, 5.74) is 4.02. The number of pyridine rings is 1. The van der Waals surface area contributed by atoms with Crippen molar-refractivity contribution in [2.45, 2.75) is 13.1 Å². The van der Waals surface area contributed by atoms with Crippen molar-refractivity contribution >= 4 is 29.7 Å². The van der Waals surface area contributed by atoms with E-state index in [0.717, 1.165) is 5.01 Å². The SMILES string of the molecule is CCOc1cc(C=NNC(=O)NN(C)c2ncc(C(F)(F)F)cc2Cl)ccc1O. The summed E-state index contributed by atoms with van der Waals surface area (Å²) < 4.78 is 43.2. The minimum absolute atomic E-state index is 0.0303. The number of nitrogens with one attached hydrogen (secondary N) is 2. The normalized spacial score (nSPS) is 11.4. The number of halogens is 4. The van der Waals surface area contributed by atoms with Gasteiger partial charge in [-0.15, -0.1) is 0 Å². The zero-order chi connectivity index (χ0) is 21.6. The largest absolute Gasteiger partial charge is 0.504 e. The number of hydrazone groups is 1. The van der Waals surface area contributed by atoms with Crippen LogP contribution in [0.4, 0.5) is 23.8 Å². The first-order valence-electron chi connectivity index (χ1n) is 8.13. The van der Waals surface area contributed by atoms with E-state index in [9.17, 15) is 23.1 Å². The van der Waals surface area contributed by atoms with Crippen molar-refractivity contribution in [2.24, 2.45) is 5.10 Å². The number of aromatic hydroxyl groups is 1. The number of benzene rings is 1. The summed E-state index contributed by atoms with van der Waals surface area (Å²) in [5.74, 6) is 0.152. The van der Waals surface area contributed by atoms with Gasteiger partial charge in [0, 0.05) is 13.2 Å². The highest BCUT2D eigenvalue weighted by molar-refractivity contribution is 6.33. The number of carbonyl (C=O) groups excluding carboxylic acids is 1. The number of urea groups is 1. The summed E-state index contributed by atoms with van der Waals surface area (Å²) in [4.78, 5) is 15.5. The summed E-state index contributed by atoms with van der Waals surface area (Å²) in [6.45, 7) is 2.13. The average molecular weight is 432 g/mol. The predicted molar refractivity (Wildman–Crippen MR) is 101 cm³/mol. The van der Waals surface area contributed by atoms with Crippen molar-refractivity contribution in [1.29, 1.82) is 0 Å². The molecule has 0 spiro atoms. The molecule has 29 heavy (non-hydrogen) atoms. The fraction of sp³-hybridized carbons (Fsp3) is 0.235. The molecular formula is C17H17ClF3N5O3. The fourth-order valence-corrected chi connectivity index (χ4v) is 2.40. The fourth-order valence-electron chi connectivity index (χ4n) is 2.11. The van der Waals surface area contributed by atoms with Crippen LogP contribution in [-0.2, 0) is 6.18 Å². The molecule has 2 rings (SSSR count). The maximum atomic E-state index is 12.7. The van der Waals surface area contributed by atoms with Gasteiger partial charge in [-0.1, -0.05) is 11.6 Å². The van der Waals surface area contributed by atoms with Crippen molar-refractivity contribution in [1.82, 2.24) is 15.8 Å². The predicted octanol–water partition coefficient (Wildman–Crippen LogP) is 3.54. The van der Waals surface area contributed by atoms with E-state index >= 15 is 0 Å². The maximum absolute atomic E-state index is 12.7. The smallest absolute Gasteiger partial charge is 0.417 e. The Kier molecular flexibility index (Phi) is 7.10. The molecule has 0 saturated heterocycles. The number of amides is 2. The third-order valence-corrected chi connectivity index (χ3v) is 3.68. The van der Waals surface area contributed by atoms with Crippen LogP contribution in [0.2, 0.25) is 5.02 Å². The molecular weight excluding hydrogens is 415 g/mol. The highest BCUT2D eigenvalue weighted by atomic mass is 35.5. The number of phenols is 1. The van der Waals surface area contributed by atoms with Gasteiger partial charge in [0.05, 0.1) is 23.4 Å². The van der Waals surface area contributed by atoms with Crippen LogP contribution in [0.15, 0.2) is 35.6 Å². The number of anilines is 1. The van der Waals surface area contributed by atoms with Crippen LogP contribution in [0.3, 0.4) is 0 Å². The Labute approximate surface area is 168 Å². The molecule has 0 unspecified atom stereocenters. The second-order valence-electron chi connectivity index (χ2n) is 5.56. The van der Waals surface area contributed by atoms with Gasteiger partial charge in [-0.05, 0) is 36.8 Å². The first kappa shape index (κ1) is 22.1. The minimum atomic E-state index is -4.58. The first-order chi connectivity index (χ1) is 13.6. The number of aromatic nitrogens is 1. The van der Waals surface area contributed by atoms with Crippen molar-refractivity contribution in [3.63, 3.8) is 0 Å². The van der Waals surface area contributed by atoms with E-state index < -0.39 is 17.8 Å². The number of carbonyl (C=O) groups is 1. The number of hydrogen-bond acceptors (Lipinski definition) is 6. The highest BCUT2D eigenvalue weighted by Crippen LogP contribution is 2.32. The maximum Gasteiger partial charge on any atom is 0.417 e. The number of phenolic OH excluding ortho intramolecular Hbond substituents is 1. The number of alkyl halides is 3. The Balaban J connectivity index is 1.97. The second-order valence-corrected chi connectivity index (χ2v) is 5.96. The lowest BCUT2D eigenvalue weighted by Crippen LogP contribution is -2.44. The Morgan fingerprint density at radius 1 is 1.41 bits per heavy atom. The lowest BCUT2D eigenvalue weighted by Gasteiger charge is -2.20. The molecule has 0 saturated carbocycles. The van der Waals surface area contributed by atoms with Crippen LogP contribution in [-0.4, -0.2) is 36.0 Å². The lowest BCUT2D eigenvalue weighted by atomic mass is 10.2. The molecule has 156 valence electrons. The molecule has 1 aromatic carbocycles. The molecule has 0 fully saturated rings. The molecule has 3 N–H and O–H groups in total. The van der Waals surface area contributed by atoms with Gasteiger partial charge in [0.25, 0.3) is 0 Å². The highest BCUT2D eigenvalue weighted by Gasteiger charge is 2.32. The number of ether oxygens (including phenoxy) is 1. The van der Waals surface area contributed by atoms with E-state index in [1.807, 2.05) is 0 Å². The van der Waals surface area contributed by atoms with Gasteiger partial charge < -0.3 is 9.84 Å². The molecule has 2 amide bonds. The standard InChI is InChI=1S/C17H17ClF3N5O3/c1-3-29-14-6-10(4-5-13(14)27)8-23-24-16(28)25-26(2)15-12(18)7-11(9-22-15)17(19,20)21/h4-9,27H,3H2,1-2H3,(H2,24,25,28). The van der Waals surface area contributed by atoms with Gasteiger partial charge in [0.2, 0.25) is 0 Å². The van der Waals surface area contributed by atoms with E-state index in [4.69, 9.17) is 16.3 Å². The summed E-state index contributed by atoms with van der Waals surface area (Å²) in [6.07, 6.45) is -2.66. The molecule has 0 aliphatic heterocycles. The van der Waals surface area contributed by atoms with Gasteiger partial charge in [0.1, 0.15) is 0 Å². The van der Waals surface area contributed by atoms with Gasteiger partial charge in [-0.3, -0.25) is 5.01 Å². The van der Waals surface area contributed by atoms with Crippen molar-refractivity contribution in [3.05, 3.63) is 46.6 Å². The summed E-state index contributed by atoms with van der Waals surface area (Å²) in [6, 6.07) is 4.42.